The molecule has 1 N–H and O–H groups in total. The predicted molar refractivity (Wildman–Crippen MR) is 103 cm³/mol. The van der Waals surface area contributed by atoms with E-state index in [0.717, 1.165) is 27.6 Å². The maximum atomic E-state index is 12.4. The Labute approximate surface area is 156 Å². The molecule has 0 radical (unpaired) electrons. The lowest BCUT2D eigenvalue weighted by molar-refractivity contribution is -0.115. The number of thiazole rings is 1. The lowest BCUT2D eigenvalue weighted by Gasteiger charge is -2.07. The summed E-state index contributed by atoms with van der Waals surface area (Å²) in [6.45, 7) is 10.2. The SMILES string of the molecule is CCOC(=O)c1c(NC(=O)Cc2csc(C(C)C)n2)sc(C)c1CC. The van der Waals surface area contributed by atoms with Crippen LogP contribution >= 0.6 is 22.7 Å². The van der Waals surface area contributed by atoms with Crippen LogP contribution in [0.4, 0.5) is 5.00 Å². The molecule has 5 nitrogen and oxygen atoms in total. The van der Waals surface area contributed by atoms with Crippen molar-refractivity contribution in [3.8, 4) is 0 Å². The van der Waals surface area contributed by atoms with Gasteiger partial charge in [-0.05, 0) is 25.8 Å². The molecule has 136 valence electrons. The van der Waals surface area contributed by atoms with Crippen LogP contribution in [0.25, 0.3) is 0 Å². The Balaban J connectivity index is 2.18. The first-order chi connectivity index (χ1) is 11.9. The van der Waals surface area contributed by atoms with Gasteiger partial charge in [0.05, 0.1) is 29.3 Å². The lowest BCUT2D eigenvalue weighted by Crippen LogP contribution is -2.17. The highest BCUT2D eigenvalue weighted by Gasteiger charge is 2.23. The number of nitrogens with one attached hydrogen (secondary N) is 1. The summed E-state index contributed by atoms with van der Waals surface area (Å²) in [4.78, 5) is 30.2. The van der Waals surface area contributed by atoms with E-state index in [1.54, 1.807) is 18.3 Å². The van der Waals surface area contributed by atoms with Crippen molar-refractivity contribution in [2.75, 3.05) is 11.9 Å². The van der Waals surface area contributed by atoms with Gasteiger partial charge in [0.2, 0.25) is 5.91 Å². The van der Waals surface area contributed by atoms with E-state index in [9.17, 15) is 9.59 Å². The van der Waals surface area contributed by atoms with Gasteiger partial charge in [0.1, 0.15) is 5.00 Å². The van der Waals surface area contributed by atoms with Crippen molar-refractivity contribution in [2.24, 2.45) is 0 Å². The molecule has 0 aliphatic rings. The molecule has 7 heteroatoms. The first kappa shape index (κ1) is 19.6. The second kappa shape index (κ2) is 8.58. The highest BCUT2D eigenvalue weighted by Crippen LogP contribution is 2.34. The minimum atomic E-state index is -0.380. The molecule has 2 heterocycles. The summed E-state index contributed by atoms with van der Waals surface area (Å²) in [5, 5.41) is 6.38. The van der Waals surface area contributed by atoms with Gasteiger partial charge in [-0.1, -0.05) is 20.8 Å². The van der Waals surface area contributed by atoms with E-state index < -0.39 is 0 Å². The Morgan fingerprint density at radius 2 is 2.04 bits per heavy atom. The van der Waals surface area contributed by atoms with Crippen LogP contribution in [0.5, 0.6) is 0 Å². The van der Waals surface area contributed by atoms with Crippen LogP contribution in [-0.4, -0.2) is 23.5 Å². The molecular weight excluding hydrogens is 356 g/mol. The van der Waals surface area contributed by atoms with Crippen molar-refractivity contribution in [3.05, 3.63) is 32.1 Å². The maximum Gasteiger partial charge on any atom is 0.341 e. The molecular formula is C18H24N2O3S2. The van der Waals surface area contributed by atoms with E-state index in [0.29, 0.717) is 23.1 Å². The number of esters is 1. The van der Waals surface area contributed by atoms with Crippen molar-refractivity contribution in [3.63, 3.8) is 0 Å². The summed E-state index contributed by atoms with van der Waals surface area (Å²) in [6, 6.07) is 0. The average molecular weight is 381 g/mol. The van der Waals surface area contributed by atoms with Crippen LogP contribution in [0, 0.1) is 6.92 Å². The lowest BCUT2D eigenvalue weighted by atomic mass is 10.1. The second-order valence-electron chi connectivity index (χ2n) is 5.97. The van der Waals surface area contributed by atoms with Gasteiger partial charge in [-0.15, -0.1) is 22.7 Å². The van der Waals surface area contributed by atoms with Gasteiger partial charge in [-0.3, -0.25) is 4.79 Å². The zero-order valence-corrected chi connectivity index (χ0v) is 16.9. The van der Waals surface area contributed by atoms with E-state index >= 15 is 0 Å². The summed E-state index contributed by atoms with van der Waals surface area (Å²) in [5.41, 5.74) is 2.18. The molecule has 25 heavy (non-hydrogen) atoms. The van der Waals surface area contributed by atoms with Crippen LogP contribution < -0.4 is 5.32 Å². The number of aromatic nitrogens is 1. The minimum absolute atomic E-state index is 0.171. The van der Waals surface area contributed by atoms with E-state index in [2.05, 4.69) is 24.1 Å². The Bertz CT molecular complexity index is 762. The minimum Gasteiger partial charge on any atom is -0.462 e. The van der Waals surface area contributed by atoms with Crippen molar-refractivity contribution in [1.29, 1.82) is 0 Å². The molecule has 0 aliphatic carbocycles. The van der Waals surface area contributed by atoms with Gasteiger partial charge in [-0.25, -0.2) is 9.78 Å². The van der Waals surface area contributed by atoms with Crippen LogP contribution in [-0.2, 0) is 22.4 Å². The van der Waals surface area contributed by atoms with Crippen LogP contribution in [0.1, 0.15) is 65.1 Å². The topological polar surface area (TPSA) is 68.3 Å². The highest BCUT2D eigenvalue weighted by molar-refractivity contribution is 7.16. The molecule has 0 unspecified atom stereocenters. The Morgan fingerprint density at radius 1 is 1.32 bits per heavy atom. The molecule has 0 fully saturated rings. The zero-order valence-electron chi connectivity index (χ0n) is 15.3. The summed E-state index contributed by atoms with van der Waals surface area (Å²) in [7, 11) is 0. The zero-order chi connectivity index (χ0) is 18.6. The van der Waals surface area contributed by atoms with E-state index in [4.69, 9.17) is 4.74 Å². The molecule has 0 spiro atoms. The van der Waals surface area contributed by atoms with Gasteiger partial charge < -0.3 is 10.1 Å². The van der Waals surface area contributed by atoms with E-state index in [1.807, 2.05) is 19.2 Å². The molecule has 0 saturated carbocycles. The molecule has 0 bridgehead atoms. The Morgan fingerprint density at radius 3 is 2.60 bits per heavy atom. The smallest absolute Gasteiger partial charge is 0.341 e. The number of ether oxygens (including phenoxy) is 1. The van der Waals surface area contributed by atoms with Gasteiger partial charge >= 0.3 is 5.97 Å². The summed E-state index contributed by atoms with van der Waals surface area (Å²) >= 11 is 2.99. The first-order valence-electron chi connectivity index (χ1n) is 8.40. The molecule has 0 aliphatic heterocycles. The number of hydrogen-bond acceptors (Lipinski definition) is 6. The molecule has 1 amide bonds. The van der Waals surface area contributed by atoms with Crippen molar-refractivity contribution in [2.45, 2.75) is 53.4 Å². The monoisotopic (exact) mass is 380 g/mol. The fourth-order valence-electron chi connectivity index (χ4n) is 2.52. The van der Waals surface area contributed by atoms with Gasteiger partial charge in [0.15, 0.2) is 0 Å². The number of rotatable bonds is 7. The summed E-state index contributed by atoms with van der Waals surface area (Å²) in [6.07, 6.45) is 0.917. The third-order valence-corrected chi connectivity index (χ3v) is 5.96. The Hall–Kier alpha value is -1.73. The number of nitrogens with zero attached hydrogens (tertiary/aromatic N) is 1. The number of anilines is 1. The van der Waals surface area contributed by atoms with Crippen molar-refractivity contribution < 1.29 is 14.3 Å². The van der Waals surface area contributed by atoms with Gasteiger partial charge in [0, 0.05) is 16.2 Å². The third-order valence-electron chi connectivity index (χ3n) is 3.70. The van der Waals surface area contributed by atoms with Gasteiger partial charge in [-0.2, -0.15) is 0 Å². The van der Waals surface area contributed by atoms with Crippen LogP contribution in [0.2, 0.25) is 0 Å². The number of aryl methyl sites for hydroxylation is 1. The van der Waals surface area contributed by atoms with Crippen molar-refractivity contribution in [1.82, 2.24) is 4.98 Å². The molecule has 2 rings (SSSR count). The quantitative estimate of drug-likeness (QED) is 0.715. The van der Waals surface area contributed by atoms with Crippen LogP contribution in [0.15, 0.2) is 5.38 Å². The Kier molecular flexibility index (Phi) is 6.72. The number of carbonyl (C=O) groups is 2. The van der Waals surface area contributed by atoms with Gasteiger partial charge in [0.25, 0.3) is 0 Å². The largest absolute Gasteiger partial charge is 0.462 e. The number of amides is 1. The fraction of sp³-hybridized carbons (Fsp3) is 0.500. The summed E-state index contributed by atoms with van der Waals surface area (Å²) in [5.74, 6) is -0.200. The molecule has 2 aromatic heterocycles. The fourth-order valence-corrected chi connectivity index (χ4v) is 4.50. The molecule has 0 saturated heterocycles. The molecule has 0 atom stereocenters. The number of thiophene rings is 1. The van der Waals surface area contributed by atoms with E-state index in [-0.39, 0.29) is 18.3 Å². The third kappa shape index (κ3) is 4.67. The average Bonchev–Trinajstić information content (AvgIpc) is 3.11. The number of carbonyl (C=O) groups excluding carboxylic acids is 2. The van der Waals surface area contributed by atoms with E-state index in [1.165, 1.54) is 11.3 Å². The maximum absolute atomic E-state index is 12.4. The highest BCUT2D eigenvalue weighted by atomic mass is 32.1. The summed E-state index contributed by atoms with van der Waals surface area (Å²) < 4.78 is 5.16. The second-order valence-corrected chi connectivity index (χ2v) is 8.09. The molecule has 2 aromatic rings. The normalized spacial score (nSPS) is 11.0. The van der Waals surface area contributed by atoms with Crippen LogP contribution in [0.3, 0.4) is 0 Å². The number of hydrogen-bond donors (Lipinski definition) is 1. The standard InChI is InChI=1S/C18H24N2O3S2/c1-6-13-11(5)25-17(15(13)18(22)23-7-2)20-14(21)8-12-9-24-16(19-12)10(3)4/h9-10H,6-8H2,1-5H3,(H,20,21). The predicted octanol–water partition coefficient (Wildman–Crippen LogP) is 4.56. The van der Waals surface area contributed by atoms with Crippen molar-refractivity contribution >= 4 is 39.6 Å². The first-order valence-corrected chi connectivity index (χ1v) is 10.1. The molecule has 0 aromatic carbocycles.